The Labute approximate surface area is 125 Å². The van der Waals surface area contributed by atoms with Crippen LogP contribution in [0.15, 0.2) is 30.3 Å². The molecule has 1 aromatic carbocycles. The minimum Gasteiger partial charge on any atom is -0.313 e. The zero-order valence-electron chi connectivity index (χ0n) is 13.5. The van der Waals surface area contributed by atoms with E-state index in [1.54, 1.807) is 0 Å². The summed E-state index contributed by atoms with van der Waals surface area (Å²) >= 11 is 0. The number of benzene rings is 1. The van der Waals surface area contributed by atoms with Gasteiger partial charge in [-0.15, -0.1) is 0 Å². The summed E-state index contributed by atoms with van der Waals surface area (Å²) in [6.45, 7) is 8.10. The van der Waals surface area contributed by atoms with Gasteiger partial charge in [-0.2, -0.15) is 0 Å². The highest BCUT2D eigenvalue weighted by molar-refractivity contribution is 5.25. The summed E-state index contributed by atoms with van der Waals surface area (Å²) in [7, 11) is 0. The summed E-state index contributed by atoms with van der Waals surface area (Å²) in [5, 5.41) is 3.77. The Hall–Kier alpha value is -0.820. The minimum absolute atomic E-state index is 0.203. The van der Waals surface area contributed by atoms with Crippen molar-refractivity contribution in [2.75, 3.05) is 6.54 Å². The zero-order valence-corrected chi connectivity index (χ0v) is 13.5. The van der Waals surface area contributed by atoms with Gasteiger partial charge < -0.3 is 5.32 Å². The first kappa shape index (κ1) is 15.6. The summed E-state index contributed by atoms with van der Waals surface area (Å²) in [5.74, 6) is 0.927. The molecule has 1 unspecified atom stereocenters. The molecule has 0 aliphatic heterocycles. The fourth-order valence-electron chi connectivity index (χ4n) is 3.70. The Morgan fingerprint density at radius 2 is 1.75 bits per heavy atom. The van der Waals surface area contributed by atoms with E-state index in [0.29, 0.717) is 6.04 Å². The molecule has 0 amide bonds. The molecule has 0 saturated heterocycles. The molecule has 112 valence electrons. The van der Waals surface area contributed by atoms with E-state index in [1.165, 1.54) is 44.1 Å². The molecule has 1 N–H and O–H groups in total. The Kier molecular flexibility index (Phi) is 5.65. The van der Waals surface area contributed by atoms with Crippen molar-refractivity contribution in [1.82, 2.24) is 5.32 Å². The van der Waals surface area contributed by atoms with Gasteiger partial charge in [0.25, 0.3) is 0 Å². The first-order chi connectivity index (χ1) is 9.64. The largest absolute Gasteiger partial charge is 0.313 e. The highest BCUT2D eigenvalue weighted by atomic mass is 14.9. The number of nitrogens with one attached hydrogen (secondary N) is 1. The minimum atomic E-state index is 0.203. The monoisotopic (exact) mass is 273 g/mol. The van der Waals surface area contributed by atoms with Crippen molar-refractivity contribution in [2.45, 2.75) is 70.8 Å². The fraction of sp³-hybridized carbons (Fsp3) is 0.684. The summed E-state index contributed by atoms with van der Waals surface area (Å²) in [5.41, 5.74) is 1.66. The number of likely N-dealkylation sites (N-methyl/N-ethyl adjacent to an activating group) is 1. The molecule has 2 rings (SSSR count). The van der Waals surface area contributed by atoms with E-state index >= 15 is 0 Å². The van der Waals surface area contributed by atoms with Gasteiger partial charge in [0.05, 0.1) is 0 Å². The molecule has 1 nitrogen and oxygen atoms in total. The van der Waals surface area contributed by atoms with Crippen LogP contribution in [0.1, 0.15) is 64.9 Å². The normalized spacial score (nSPS) is 18.9. The molecule has 1 aliphatic carbocycles. The van der Waals surface area contributed by atoms with E-state index in [4.69, 9.17) is 0 Å². The molecule has 20 heavy (non-hydrogen) atoms. The lowest BCUT2D eigenvalue weighted by Gasteiger charge is -2.38. The standard InChI is InChI=1S/C19H31N/c1-4-20-18(15-16-11-7-5-8-12-16)19(2,3)17-13-9-6-10-14-17/h6,9-10,13-14,16,18,20H,4-5,7-8,11-12,15H2,1-3H3. The average molecular weight is 273 g/mol. The molecule has 0 heterocycles. The van der Waals surface area contributed by atoms with Crippen molar-refractivity contribution >= 4 is 0 Å². The second-order valence-electron chi connectivity index (χ2n) is 6.94. The van der Waals surface area contributed by atoms with Crippen LogP contribution in [-0.2, 0) is 5.41 Å². The first-order valence-corrected chi connectivity index (χ1v) is 8.43. The highest BCUT2D eigenvalue weighted by Gasteiger charge is 2.32. The van der Waals surface area contributed by atoms with Crippen molar-refractivity contribution in [3.8, 4) is 0 Å². The maximum absolute atomic E-state index is 3.77. The quantitative estimate of drug-likeness (QED) is 0.776. The average Bonchev–Trinajstić information content (AvgIpc) is 2.49. The van der Waals surface area contributed by atoms with Crippen LogP contribution in [0.25, 0.3) is 0 Å². The predicted molar refractivity (Wildman–Crippen MR) is 88.1 cm³/mol. The molecule has 0 bridgehead atoms. The van der Waals surface area contributed by atoms with Crippen LogP contribution >= 0.6 is 0 Å². The van der Waals surface area contributed by atoms with E-state index in [1.807, 2.05) is 0 Å². The molecular formula is C19H31N. The van der Waals surface area contributed by atoms with Gasteiger partial charge in [0, 0.05) is 11.5 Å². The molecule has 1 atom stereocenters. The van der Waals surface area contributed by atoms with Gasteiger partial charge in [-0.25, -0.2) is 0 Å². The second-order valence-corrected chi connectivity index (χ2v) is 6.94. The third-order valence-corrected chi connectivity index (χ3v) is 5.13. The smallest absolute Gasteiger partial charge is 0.0161 e. The molecular weight excluding hydrogens is 242 g/mol. The maximum atomic E-state index is 3.77. The highest BCUT2D eigenvalue weighted by Crippen LogP contribution is 2.34. The van der Waals surface area contributed by atoms with Crippen molar-refractivity contribution in [3.63, 3.8) is 0 Å². The Balaban J connectivity index is 2.09. The van der Waals surface area contributed by atoms with E-state index < -0.39 is 0 Å². The van der Waals surface area contributed by atoms with Crippen LogP contribution in [0, 0.1) is 5.92 Å². The first-order valence-electron chi connectivity index (χ1n) is 8.43. The molecule has 1 aliphatic rings. The molecule has 1 aromatic rings. The predicted octanol–water partition coefficient (Wildman–Crippen LogP) is 4.91. The molecule has 0 aromatic heterocycles. The van der Waals surface area contributed by atoms with Crippen molar-refractivity contribution in [2.24, 2.45) is 5.92 Å². The maximum Gasteiger partial charge on any atom is 0.0161 e. The van der Waals surface area contributed by atoms with Crippen LogP contribution in [0.3, 0.4) is 0 Å². The summed E-state index contributed by atoms with van der Waals surface area (Å²) in [4.78, 5) is 0. The van der Waals surface area contributed by atoms with E-state index in [0.717, 1.165) is 12.5 Å². The van der Waals surface area contributed by atoms with Crippen molar-refractivity contribution in [1.29, 1.82) is 0 Å². The summed E-state index contributed by atoms with van der Waals surface area (Å²) in [6.07, 6.45) is 8.53. The topological polar surface area (TPSA) is 12.0 Å². The van der Waals surface area contributed by atoms with Gasteiger partial charge in [0.15, 0.2) is 0 Å². The lowest BCUT2D eigenvalue weighted by atomic mass is 9.72. The van der Waals surface area contributed by atoms with Gasteiger partial charge >= 0.3 is 0 Å². The van der Waals surface area contributed by atoms with Gasteiger partial charge in [0.1, 0.15) is 0 Å². The number of rotatable bonds is 6. The Morgan fingerprint density at radius 3 is 2.35 bits per heavy atom. The Bertz CT molecular complexity index is 376. The molecule has 1 heteroatoms. The van der Waals surface area contributed by atoms with E-state index in [2.05, 4.69) is 56.4 Å². The summed E-state index contributed by atoms with van der Waals surface area (Å²) in [6, 6.07) is 11.6. The molecule has 1 saturated carbocycles. The van der Waals surface area contributed by atoms with Gasteiger partial charge in [-0.1, -0.05) is 83.2 Å². The molecule has 0 radical (unpaired) electrons. The van der Waals surface area contributed by atoms with Gasteiger partial charge in [0.2, 0.25) is 0 Å². The lowest BCUT2D eigenvalue weighted by molar-refractivity contribution is 0.244. The van der Waals surface area contributed by atoms with Crippen LogP contribution < -0.4 is 5.32 Å². The van der Waals surface area contributed by atoms with Crippen molar-refractivity contribution < 1.29 is 0 Å². The lowest BCUT2D eigenvalue weighted by Crippen LogP contribution is -2.46. The fourth-order valence-corrected chi connectivity index (χ4v) is 3.70. The van der Waals surface area contributed by atoms with Crippen LogP contribution in [-0.4, -0.2) is 12.6 Å². The van der Waals surface area contributed by atoms with Crippen LogP contribution in [0.2, 0.25) is 0 Å². The number of hydrogen-bond donors (Lipinski definition) is 1. The second kappa shape index (κ2) is 7.26. The SMILES string of the molecule is CCNC(CC1CCCCC1)C(C)(C)c1ccccc1. The third-order valence-electron chi connectivity index (χ3n) is 5.13. The van der Waals surface area contributed by atoms with Gasteiger partial charge in [-0.05, 0) is 24.4 Å². The zero-order chi connectivity index (χ0) is 14.4. The van der Waals surface area contributed by atoms with Crippen LogP contribution in [0.4, 0.5) is 0 Å². The summed E-state index contributed by atoms with van der Waals surface area (Å²) < 4.78 is 0. The molecule has 0 spiro atoms. The van der Waals surface area contributed by atoms with Crippen LogP contribution in [0.5, 0.6) is 0 Å². The van der Waals surface area contributed by atoms with Gasteiger partial charge in [-0.3, -0.25) is 0 Å². The van der Waals surface area contributed by atoms with E-state index in [9.17, 15) is 0 Å². The van der Waals surface area contributed by atoms with Crippen molar-refractivity contribution in [3.05, 3.63) is 35.9 Å². The Morgan fingerprint density at radius 1 is 1.10 bits per heavy atom. The third kappa shape index (κ3) is 3.85. The number of hydrogen-bond acceptors (Lipinski definition) is 1. The molecule has 1 fully saturated rings. The van der Waals surface area contributed by atoms with E-state index in [-0.39, 0.29) is 5.41 Å².